The third-order valence-electron chi connectivity index (χ3n) is 1.63. The van der Waals surface area contributed by atoms with E-state index in [9.17, 15) is 13.2 Å². The average molecular weight is 208 g/mol. The Labute approximate surface area is 77.1 Å². The molecule has 0 N–H and O–H groups in total. The molecule has 76 valence electrons. The second-order valence-electron chi connectivity index (χ2n) is 3.16. The van der Waals surface area contributed by atoms with Crippen molar-refractivity contribution in [2.75, 3.05) is 6.26 Å². The molecule has 1 rings (SSSR count). The molecule has 0 aliphatic carbocycles. The molecule has 0 spiro atoms. The average Bonchev–Trinajstić information content (AvgIpc) is 1.78. The number of esters is 1. The van der Waals surface area contributed by atoms with Crippen molar-refractivity contribution in [2.24, 2.45) is 0 Å². The van der Waals surface area contributed by atoms with Gasteiger partial charge in [0.2, 0.25) is 0 Å². The summed E-state index contributed by atoms with van der Waals surface area (Å²) in [6.07, 6.45) is 0.577. The molecular weight excluding hydrogens is 196 g/mol. The number of carbonyl (C=O) groups excluding carboxylic acids is 1. The quantitative estimate of drug-likeness (QED) is 0.474. The number of hydrogen-bond donors (Lipinski definition) is 0. The van der Waals surface area contributed by atoms with Gasteiger partial charge in [-0.25, -0.2) is 0 Å². The molecule has 0 aromatic rings. The molecule has 5 nitrogen and oxygen atoms in total. The van der Waals surface area contributed by atoms with Crippen molar-refractivity contribution in [1.82, 2.24) is 0 Å². The van der Waals surface area contributed by atoms with E-state index < -0.39 is 22.2 Å². The van der Waals surface area contributed by atoms with Crippen LogP contribution < -0.4 is 0 Å². The monoisotopic (exact) mass is 208 g/mol. The summed E-state index contributed by atoms with van der Waals surface area (Å²) in [5.41, 5.74) is 0. The van der Waals surface area contributed by atoms with Crippen molar-refractivity contribution < 1.29 is 22.1 Å². The lowest BCUT2D eigenvalue weighted by Crippen LogP contribution is -2.33. The molecule has 0 radical (unpaired) electrons. The van der Waals surface area contributed by atoms with Crippen LogP contribution in [-0.2, 0) is 23.8 Å². The van der Waals surface area contributed by atoms with E-state index in [0.717, 1.165) is 6.26 Å². The summed E-state index contributed by atoms with van der Waals surface area (Å²) in [6.45, 7) is 1.70. The minimum absolute atomic E-state index is 0.0113. The Morgan fingerprint density at radius 1 is 1.54 bits per heavy atom. The fraction of sp³-hybridized carbons (Fsp3) is 0.857. The third kappa shape index (κ3) is 3.73. The second-order valence-corrected chi connectivity index (χ2v) is 4.76. The number of carbonyl (C=O) groups is 1. The number of hydrogen-bond acceptors (Lipinski definition) is 5. The van der Waals surface area contributed by atoms with Crippen LogP contribution in [-0.4, -0.2) is 32.9 Å². The summed E-state index contributed by atoms with van der Waals surface area (Å²) in [4.78, 5) is 10.9. The predicted octanol–water partition coefficient (Wildman–Crippen LogP) is 0.0567. The number of cyclic esters (lactones) is 1. The van der Waals surface area contributed by atoms with Crippen molar-refractivity contribution in [2.45, 2.75) is 32.0 Å². The van der Waals surface area contributed by atoms with Gasteiger partial charge in [0, 0.05) is 6.42 Å². The van der Waals surface area contributed by atoms with Crippen molar-refractivity contribution in [3.8, 4) is 0 Å². The zero-order chi connectivity index (χ0) is 10.1. The molecule has 1 saturated heterocycles. The summed E-state index contributed by atoms with van der Waals surface area (Å²) >= 11 is 0. The molecule has 2 unspecified atom stereocenters. The lowest BCUT2D eigenvalue weighted by molar-refractivity contribution is -0.157. The highest BCUT2D eigenvalue weighted by Gasteiger charge is 2.28. The van der Waals surface area contributed by atoms with E-state index in [4.69, 9.17) is 8.92 Å². The standard InChI is InChI=1S/C7H12O5S/c1-5-3-6(4-7(8)11-5)12-13(2,9)10/h5-6H,3-4H2,1-2H3. The summed E-state index contributed by atoms with van der Waals surface area (Å²) < 4.78 is 31.0. The maximum atomic E-state index is 10.9. The Bertz CT molecular complexity index is 294. The summed E-state index contributed by atoms with van der Waals surface area (Å²) in [6, 6.07) is 0. The minimum atomic E-state index is -3.48. The molecule has 1 fully saturated rings. The molecular formula is C7H12O5S. The zero-order valence-corrected chi connectivity index (χ0v) is 8.33. The van der Waals surface area contributed by atoms with Gasteiger partial charge in [0.05, 0.1) is 18.8 Å². The van der Waals surface area contributed by atoms with E-state index in [2.05, 4.69) is 0 Å². The van der Waals surface area contributed by atoms with Crippen LogP contribution in [0.3, 0.4) is 0 Å². The van der Waals surface area contributed by atoms with E-state index in [0.29, 0.717) is 6.42 Å². The zero-order valence-electron chi connectivity index (χ0n) is 7.52. The Kier molecular flexibility index (Phi) is 2.92. The van der Waals surface area contributed by atoms with Gasteiger partial charge in [0.15, 0.2) is 0 Å². The molecule has 1 heterocycles. The van der Waals surface area contributed by atoms with E-state index >= 15 is 0 Å². The van der Waals surface area contributed by atoms with Crippen molar-refractivity contribution in [3.63, 3.8) is 0 Å². The SMILES string of the molecule is CC1CC(OS(C)(=O)=O)CC(=O)O1. The van der Waals surface area contributed by atoms with E-state index in [-0.39, 0.29) is 12.5 Å². The van der Waals surface area contributed by atoms with Crippen LogP contribution in [0.15, 0.2) is 0 Å². The molecule has 1 aliphatic rings. The molecule has 0 bridgehead atoms. The largest absolute Gasteiger partial charge is 0.462 e. The van der Waals surface area contributed by atoms with Crippen LogP contribution in [0.25, 0.3) is 0 Å². The number of ether oxygens (including phenoxy) is 1. The van der Waals surface area contributed by atoms with Crippen LogP contribution in [0.1, 0.15) is 19.8 Å². The third-order valence-corrected chi connectivity index (χ3v) is 2.25. The first-order valence-corrected chi connectivity index (χ1v) is 5.76. The van der Waals surface area contributed by atoms with Crippen LogP contribution in [0.5, 0.6) is 0 Å². The fourth-order valence-electron chi connectivity index (χ4n) is 1.28. The van der Waals surface area contributed by atoms with Gasteiger partial charge in [-0.3, -0.25) is 8.98 Å². The Morgan fingerprint density at radius 3 is 2.62 bits per heavy atom. The second kappa shape index (κ2) is 3.63. The van der Waals surface area contributed by atoms with Crippen LogP contribution in [0.4, 0.5) is 0 Å². The van der Waals surface area contributed by atoms with Gasteiger partial charge in [-0.1, -0.05) is 0 Å². The van der Waals surface area contributed by atoms with Gasteiger partial charge < -0.3 is 4.74 Å². The van der Waals surface area contributed by atoms with Gasteiger partial charge in [-0.15, -0.1) is 0 Å². The minimum Gasteiger partial charge on any atom is -0.462 e. The summed E-state index contributed by atoms with van der Waals surface area (Å²) in [5, 5.41) is 0. The van der Waals surface area contributed by atoms with Gasteiger partial charge in [-0.2, -0.15) is 8.42 Å². The highest BCUT2D eigenvalue weighted by Crippen LogP contribution is 2.18. The van der Waals surface area contributed by atoms with Gasteiger partial charge in [0.1, 0.15) is 6.10 Å². The first-order chi connectivity index (χ1) is 5.87. The van der Waals surface area contributed by atoms with E-state index in [1.165, 1.54) is 0 Å². The summed E-state index contributed by atoms with van der Waals surface area (Å²) in [5.74, 6) is -0.410. The molecule has 13 heavy (non-hydrogen) atoms. The highest BCUT2D eigenvalue weighted by molar-refractivity contribution is 7.86. The van der Waals surface area contributed by atoms with Crippen LogP contribution >= 0.6 is 0 Å². The maximum absolute atomic E-state index is 10.9. The molecule has 0 saturated carbocycles. The maximum Gasteiger partial charge on any atom is 0.308 e. The Morgan fingerprint density at radius 2 is 2.15 bits per heavy atom. The molecule has 1 aliphatic heterocycles. The first kappa shape index (κ1) is 10.5. The van der Waals surface area contributed by atoms with Crippen LogP contribution in [0, 0.1) is 0 Å². The first-order valence-electron chi connectivity index (χ1n) is 3.94. The van der Waals surface area contributed by atoms with E-state index in [1.807, 2.05) is 0 Å². The Hall–Kier alpha value is -0.620. The fourth-order valence-corrected chi connectivity index (χ4v) is 1.92. The van der Waals surface area contributed by atoms with Gasteiger partial charge >= 0.3 is 5.97 Å². The lowest BCUT2D eigenvalue weighted by atomic mass is 10.1. The van der Waals surface area contributed by atoms with Crippen molar-refractivity contribution in [3.05, 3.63) is 0 Å². The Balaban J connectivity index is 2.56. The van der Waals surface area contributed by atoms with Crippen LogP contribution in [0.2, 0.25) is 0 Å². The van der Waals surface area contributed by atoms with Gasteiger partial charge in [-0.05, 0) is 6.92 Å². The molecule has 0 aromatic carbocycles. The molecule has 0 amide bonds. The summed E-state index contributed by atoms with van der Waals surface area (Å²) in [7, 11) is -3.48. The number of rotatable bonds is 2. The molecule has 2 atom stereocenters. The van der Waals surface area contributed by atoms with Crippen molar-refractivity contribution >= 4 is 16.1 Å². The molecule has 6 heteroatoms. The van der Waals surface area contributed by atoms with Crippen molar-refractivity contribution in [1.29, 1.82) is 0 Å². The smallest absolute Gasteiger partial charge is 0.308 e. The van der Waals surface area contributed by atoms with E-state index in [1.54, 1.807) is 6.92 Å². The van der Waals surface area contributed by atoms with Gasteiger partial charge in [0.25, 0.3) is 10.1 Å². The topological polar surface area (TPSA) is 69.7 Å². The predicted molar refractivity (Wildman–Crippen MR) is 44.5 cm³/mol. The molecule has 0 aromatic heterocycles. The highest BCUT2D eigenvalue weighted by atomic mass is 32.2. The normalized spacial score (nSPS) is 29.8. The lowest BCUT2D eigenvalue weighted by Gasteiger charge is -2.25.